The van der Waals surface area contributed by atoms with Crippen molar-refractivity contribution in [1.29, 1.82) is 0 Å². The Balaban J connectivity index is 1.98. The summed E-state index contributed by atoms with van der Waals surface area (Å²) in [6.45, 7) is 7.49. The number of nitrogens with zero attached hydrogens (tertiary/aromatic N) is 2. The minimum Gasteiger partial charge on any atom is -0.490 e. The Kier molecular flexibility index (Phi) is 9.52. The average molecular weight is 447 g/mol. The Bertz CT molecular complexity index is 961. The minimum atomic E-state index is -0.542. The molecule has 0 saturated heterocycles. The maximum Gasteiger partial charge on any atom is 0.285 e. The third-order valence-corrected chi connectivity index (χ3v) is 4.46. The number of rotatable bonds is 13. The molecular formula is C22H29N3O7. The molecule has 1 aromatic heterocycles. The number of hydrogen-bond acceptors (Lipinski definition) is 7. The van der Waals surface area contributed by atoms with Crippen LogP contribution in [0.2, 0.25) is 0 Å². The lowest BCUT2D eigenvalue weighted by molar-refractivity contribution is -0.385. The molecule has 0 aliphatic carbocycles. The molecule has 0 aliphatic rings. The fourth-order valence-corrected chi connectivity index (χ4v) is 3.03. The molecule has 0 saturated carbocycles. The summed E-state index contributed by atoms with van der Waals surface area (Å²) in [7, 11) is 0. The Hall–Kier alpha value is -3.56. The number of benzene rings is 1. The van der Waals surface area contributed by atoms with Crippen molar-refractivity contribution in [1.82, 2.24) is 9.88 Å². The molecule has 1 heterocycles. The first-order chi connectivity index (χ1) is 15.4. The number of nitrogens with one attached hydrogen (secondary N) is 1. The summed E-state index contributed by atoms with van der Waals surface area (Å²) in [4.78, 5) is 34.8. The molecule has 0 bridgehead atoms. The van der Waals surface area contributed by atoms with Gasteiger partial charge in [0.2, 0.25) is 5.75 Å². The molecule has 32 heavy (non-hydrogen) atoms. The van der Waals surface area contributed by atoms with Crippen LogP contribution in [0.4, 0.5) is 5.69 Å². The topological polar surface area (TPSA) is 122 Å². The van der Waals surface area contributed by atoms with Gasteiger partial charge < -0.3 is 24.1 Å². The smallest absolute Gasteiger partial charge is 0.285 e. The van der Waals surface area contributed by atoms with Gasteiger partial charge in [-0.2, -0.15) is 0 Å². The Morgan fingerprint density at radius 1 is 1.03 bits per heavy atom. The van der Waals surface area contributed by atoms with Gasteiger partial charge >= 0.3 is 0 Å². The van der Waals surface area contributed by atoms with Gasteiger partial charge in [0.25, 0.3) is 17.2 Å². The van der Waals surface area contributed by atoms with Crippen molar-refractivity contribution in [3.05, 3.63) is 56.5 Å². The summed E-state index contributed by atoms with van der Waals surface area (Å²) < 4.78 is 18.2. The number of carbonyl (C=O) groups is 1. The molecule has 0 radical (unpaired) electrons. The quantitative estimate of drug-likeness (QED) is 0.284. The fraction of sp³-hybridized carbons (Fsp3) is 0.455. The van der Waals surface area contributed by atoms with Crippen molar-refractivity contribution in [3.63, 3.8) is 0 Å². The Morgan fingerprint density at radius 3 is 2.22 bits per heavy atom. The molecule has 2 rings (SSSR count). The second-order valence-electron chi connectivity index (χ2n) is 6.74. The van der Waals surface area contributed by atoms with Gasteiger partial charge in [-0.05, 0) is 45.7 Å². The molecule has 0 atom stereocenters. The first kappa shape index (κ1) is 24.7. The molecule has 10 nitrogen and oxygen atoms in total. The van der Waals surface area contributed by atoms with Gasteiger partial charge in [0.05, 0.1) is 30.9 Å². The van der Waals surface area contributed by atoms with Crippen LogP contribution in [0.1, 0.15) is 44.0 Å². The van der Waals surface area contributed by atoms with Gasteiger partial charge in [-0.15, -0.1) is 0 Å². The number of unbranched alkanes of at least 4 members (excludes halogenated alkanes) is 1. The molecule has 0 spiro atoms. The van der Waals surface area contributed by atoms with Crippen LogP contribution in [0.3, 0.4) is 0 Å². The Labute approximate surface area is 186 Å². The summed E-state index contributed by atoms with van der Waals surface area (Å²) in [6, 6.07) is 5.60. The van der Waals surface area contributed by atoms with E-state index in [1.54, 1.807) is 12.1 Å². The fourth-order valence-electron chi connectivity index (χ4n) is 3.03. The maximum absolute atomic E-state index is 12.6. The predicted molar refractivity (Wildman–Crippen MR) is 119 cm³/mol. The van der Waals surface area contributed by atoms with Crippen molar-refractivity contribution in [2.45, 2.75) is 40.2 Å². The summed E-state index contributed by atoms with van der Waals surface area (Å²) in [5, 5.41) is 13.7. The molecule has 1 aromatic carbocycles. The predicted octanol–water partition coefficient (Wildman–Crippen LogP) is 3.16. The second kappa shape index (κ2) is 12.3. The Morgan fingerprint density at radius 2 is 1.66 bits per heavy atom. The third kappa shape index (κ3) is 6.73. The van der Waals surface area contributed by atoms with Gasteiger partial charge in [0, 0.05) is 30.8 Å². The SMILES string of the molecule is CCOc1cc(C(=O)NCCCCn2cc([N+](=O)[O-])ccc2=O)cc(OCC)c1OCC. The first-order valence-electron chi connectivity index (χ1n) is 10.6. The normalized spacial score (nSPS) is 10.5. The highest BCUT2D eigenvalue weighted by atomic mass is 16.6. The standard InChI is InChI=1S/C22H29N3O7/c1-4-30-18-13-16(14-19(31-5-2)21(18)32-6-3)22(27)23-11-7-8-12-24-15-17(25(28)29)9-10-20(24)26/h9-10,13-15H,4-8,11-12H2,1-3H3,(H,23,27). The highest BCUT2D eigenvalue weighted by Crippen LogP contribution is 2.39. The molecule has 0 unspecified atom stereocenters. The molecule has 1 N–H and O–H groups in total. The number of nitro groups is 1. The van der Waals surface area contributed by atoms with Crippen molar-refractivity contribution < 1.29 is 23.9 Å². The summed E-state index contributed by atoms with van der Waals surface area (Å²) >= 11 is 0. The van der Waals surface area contributed by atoms with Crippen molar-refractivity contribution in [3.8, 4) is 17.2 Å². The molecular weight excluding hydrogens is 418 g/mol. The third-order valence-electron chi connectivity index (χ3n) is 4.46. The largest absolute Gasteiger partial charge is 0.490 e. The maximum atomic E-state index is 12.6. The molecule has 2 aromatic rings. The van der Waals surface area contributed by atoms with E-state index in [0.29, 0.717) is 68.6 Å². The van der Waals surface area contributed by atoms with Crippen LogP contribution in [-0.2, 0) is 6.54 Å². The van der Waals surface area contributed by atoms with E-state index in [1.807, 2.05) is 20.8 Å². The highest BCUT2D eigenvalue weighted by molar-refractivity contribution is 5.95. The zero-order chi connectivity index (χ0) is 23.5. The van der Waals surface area contributed by atoms with Crippen LogP contribution in [0.25, 0.3) is 0 Å². The van der Waals surface area contributed by atoms with E-state index >= 15 is 0 Å². The van der Waals surface area contributed by atoms with E-state index in [-0.39, 0.29) is 17.2 Å². The second-order valence-corrected chi connectivity index (χ2v) is 6.74. The van der Waals surface area contributed by atoms with Gasteiger partial charge in [-0.25, -0.2) is 0 Å². The van der Waals surface area contributed by atoms with Gasteiger partial charge in [-0.3, -0.25) is 19.7 Å². The molecule has 174 valence electrons. The van der Waals surface area contributed by atoms with E-state index < -0.39 is 4.92 Å². The number of hydrogen-bond donors (Lipinski definition) is 1. The van der Waals surface area contributed by atoms with Crippen LogP contribution in [0.5, 0.6) is 17.2 Å². The summed E-state index contributed by atoms with van der Waals surface area (Å²) in [6.07, 6.45) is 2.39. The average Bonchev–Trinajstić information content (AvgIpc) is 2.76. The first-order valence-corrected chi connectivity index (χ1v) is 10.6. The molecule has 0 fully saturated rings. The van der Waals surface area contributed by atoms with E-state index in [1.165, 1.54) is 22.9 Å². The van der Waals surface area contributed by atoms with Crippen molar-refractivity contribution >= 4 is 11.6 Å². The number of pyridine rings is 1. The monoisotopic (exact) mass is 447 g/mol. The number of ether oxygens (including phenoxy) is 3. The van der Waals surface area contributed by atoms with Crippen LogP contribution in [-0.4, -0.2) is 41.8 Å². The van der Waals surface area contributed by atoms with Crippen molar-refractivity contribution in [2.75, 3.05) is 26.4 Å². The molecule has 1 amide bonds. The lowest BCUT2D eigenvalue weighted by Gasteiger charge is -2.17. The van der Waals surface area contributed by atoms with Crippen molar-refractivity contribution in [2.24, 2.45) is 0 Å². The van der Waals surface area contributed by atoms with Gasteiger partial charge in [0.1, 0.15) is 0 Å². The number of aryl methyl sites for hydroxylation is 1. The molecule has 0 aliphatic heterocycles. The van der Waals surface area contributed by atoms with Crippen LogP contribution < -0.4 is 25.1 Å². The molecule has 10 heteroatoms. The summed E-state index contributed by atoms with van der Waals surface area (Å²) in [5.74, 6) is 1.06. The van der Waals surface area contributed by atoms with Crippen LogP contribution in [0, 0.1) is 10.1 Å². The van der Waals surface area contributed by atoms with E-state index in [2.05, 4.69) is 5.32 Å². The minimum absolute atomic E-state index is 0.136. The summed E-state index contributed by atoms with van der Waals surface area (Å²) in [5.41, 5.74) is -0.0557. The van der Waals surface area contributed by atoms with E-state index in [9.17, 15) is 19.7 Å². The zero-order valence-corrected chi connectivity index (χ0v) is 18.6. The van der Waals surface area contributed by atoms with Crippen LogP contribution in [0.15, 0.2) is 35.3 Å². The zero-order valence-electron chi connectivity index (χ0n) is 18.6. The lowest BCUT2D eigenvalue weighted by Crippen LogP contribution is -2.25. The lowest BCUT2D eigenvalue weighted by atomic mass is 10.1. The van der Waals surface area contributed by atoms with Gasteiger partial charge in [-0.1, -0.05) is 0 Å². The number of amides is 1. The van der Waals surface area contributed by atoms with E-state index in [0.717, 1.165) is 0 Å². The number of carbonyl (C=O) groups excluding carboxylic acids is 1. The highest BCUT2D eigenvalue weighted by Gasteiger charge is 2.18. The van der Waals surface area contributed by atoms with Crippen LogP contribution >= 0.6 is 0 Å². The van der Waals surface area contributed by atoms with E-state index in [4.69, 9.17) is 14.2 Å². The number of aromatic nitrogens is 1. The van der Waals surface area contributed by atoms with Gasteiger partial charge in [0.15, 0.2) is 11.5 Å².